The Kier molecular flexibility index (Phi) is 3.62. The predicted octanol–water partition coefficient (Wildman–Crippen LogP) is 5.32. The molecule has 0 unspecified atom stereocenters. The maximum atomic E-state index is 6.34. The molecule has 0 aliphatic carbocycles. The zero-order valence-corrected chi connectivity index (χ0v) is 14.8. The van der Waals surface area contributed by atoms with Crippen LogP contribution in [0.1, 0.15) is 5.56 Å². The third-order valence-corrected chi connectivity index (χ3v) is 4.61. The molecule has 0 saturated carbocycles. The highest BCUT2D eigenvalue weighted by Crippen LogP contribution is 2.30. The first kappa shape index (κ1) is 15.0. The first-order valence-corrected chi connectivity index (χ1v) is 8.52. The lowest BCUT2D eigenvalue weighted by molar-refractivity contribution is 1.16. The van der Waals surface area contributed by atoms with Gasteiger partial charge in [0.2, 0.25) is 0 Å². The van der Waals surface area contributed by atoms with Crippen molar-refractivity contribution in [2.24, 2.45) is 0 Å². The minimum Gasteiger partial charge on any atom is -0.383 e. The lowest BCUT2D eigenvalue weighted by Gasteiger charge is -2.04. The van der Waals surface area contributed by atoms with Gasteiger partial charge in [0.25, 0.3) is 0 Å². The largest absolute Gasteiger partial charge is 0.383 e. The van der Waals surface area contributed by atoms with Crippen LogP contribution in [-0.2, 0) is 0 Å². The van der Waals surface area contributed by atoms with Crippen LogP contribution in [0.15, 0.2) is 71.3 Å². The summed E-state index contributed by atoms with van der Waals surface area (Å²) in [5.74, 6) is 0.655. The maximum absolute atomic E-state index is 6.34. The summed E-state index contributed by atoms with van der Waals surface area (Å²) >= 11 is 3.51. The summed E-state index contributed by atoms with van der Waals surface area (Å²) in [5.41, 5.74) is 12.5. The molecular formula is C20H16BrN3. The number of nitrogens with zero attached hydrogens (tertiary/aromatic N) is 2. The van der Waals surface area contributed by atoms with Crippen molar-refractivity contribution in [2.45, 2.75) is 6.92 Å². The summed E-state index contributed by atoms with van der Waals surface area (Å²) in [7, 11) is 0. The Hall–Kier alpha value is -2.59. The molecule has 0 bridgehead atoms. The van der Waals surface area contributed by atoms with Crippen molar-refractivity contribution in [1.82, 2.24) is 9.38 Å². The average Bonchev–Trinajstić information content (AvgIpc) is 2.93. The van der Waals surface area contributed by atoms with Crippen LogP contribution in [-0.4, -0.2) is 9.38 Å². The van der Waals surface area contributed by atoms with E-state index in [-0.39, 0.29) is 0 Å². The topological polar surface area (TPSA) is 43.3 Å². The third-order valence-electron chi connectivity index (χ3n) is 4.17. The van der Waals surface area contributed by atoms with Crippen molar-refractivity contribution in [2.75, 3.05) is 5.73 Å². The van der Waals surface area contributed by atoms with E-state index < -0.39 is 0 Å². The lowest BCUT2D eigenvalue weighted by Crippen LogP contribution is -1.95. The van der Waals surface area contributed by atoms with Crippen molar-refractivity contribution >= 4 is 27.4 Å². The van der Waals surface area contributed by atoms with Crippen LogP contribution in [0.3, 0.4) is 0 Å². The van der Waals surface area contributed by atoms with E-state index in [0.717, 1.165) is 26.9 Å². The average molecular weight is 378 g/mol. The summed E-state index contributed by atoms with van der Waals surface area (Å²) in [6.45, 7) is 2.04. The van der Waals surface area contributed by atoms with Crippen molar-refractivity contribution in [1.29, 1.82) is 0 Å². The minimum absolute atomic E-state index is 0.655. The molecule has 0 aliphatic rings. The van der Waals surface area contributed by atoms with Crippen LogP contribution in [0.4, 0.5) is 5.82 Å². The predicted molar refractivity (Wildman–Crippen MR) is 103 cm³/mol. The number of anilines is 1. The highest BCUT2D eigenvalue weighted by atomic mass is 79.9. The SMILES string of the molecule is Cc1cc(Br)cn2c(N)c(-c3ccc(-c4ccccc4)cc3)nc12. The van der Waals surface area contributed by atoms with Gasteiger partial charge >= 0.3 is 0 Å². The fraction of sp³-hybridized carbons (Fsp3) is 0.0500. The fourth-order valence-corrected chi connectivity index (χ4v) is 3.50. The number of rotatable bonds is 2. The van der Waals surface area contributed by atoms with Gasteiger partial charge in [-0.1, -0.05) is 54.6 Å². The highest BCUT2D eigenvalue weighted by Gasteiger charge is 2.13. The van der Waals surface area contributed by atoms with E-state index in [2.05, 4.69) is 52.3 Å². The van der Waals surface area contributed by atoms with E-state index in [1.165, 1.54) is 11.1 Å². The Morgan fingerprint density at radius 3 is 2.25 bits per heavy atom. The van der Waals surface area contributed by atoms with E-state index in [1.54, 1.807) is 0 Å². The molecule has 4 heteroatoms. The van der Waals surface area contributed by atoms with E-state index >= 15 is 0 Å². The number of pyridine rings is 1. The molecule has 0 amide bonds. The summed E-state index contributed by atoms with van der Waals surface area (Å²) in [6, 6.07) is 20.7. The third kappa shape index (κ3) is 2.49. The molecule has 0 atom stereocenters. The molecule has 2 N–H and O–H groups in total. The molecule has 0 spiro atoms. The first-order valence-electron chi connectivity index (χ1n) is 7.73. The van der Waals surface area contributed by atoms with Crippen LogP contribution in [0.25, 0.3) is 28.0 Å². The Labute approximate surface area is 148 Å². The number of hydrogen-bond donors (Lipinski definition) is 1. The van der Waals surface area contributed by atoms with Gasteiger partial charge in [0, 0.05) is 16.2 Å². The van der Waals surface area contributed by atoms with Gasteiger partial charge in [-0.2, -0.15) is 0 Å². The molecule has 2 aromatic carbocycles. The van der Waals surface area contributed by atoms with Crippen molar-refractivity contribution < 1.29 is 0 Å². The summed E-state index contributed by atoms with van der Waals surface area (Å²) in [4.78, 5) is 4.74. The summed E-state index contributed by atoms with van der Waals surface area (Å²) in [5, 5.41) is 0. The Balaban J connectivity index is 1.81. The van der Waals surface area contributed by atoms with Gasteiger partial charge in [0.15, 0.2) is 0 Å². The van der Waals surface area contributed by atoms with Crippen LogP contribution < -0.4 is 5.73 Å². The molecule has 4 rings (SSSR count). The van der Waals surface area contributed by atoms with Gasteiger partial charge in [-0.15, -0.1) is 0 Å². The Bertz CT molecular complexity index is 1020. The quantitative estimate of drug-likeness (QED) is 0.513. The Morgan fingerprint density at radius 2 is 1.54 bits per heavy atom. The van der Waals surface area contributed by atoms with E-state index in [9.17, 15) is 0 Å². The van der Waals surface area contributed by atoms with Gasteiger partial charge < -0.3 is 5.73 Å². The van der Waals surface area contributed by atoms with Crippen molar-refractivity contribution in [3.63, 3.8) is 0 Å². The van der Waals surface area contributed by atoms with Crippen molar-refractivity contribution in [3.05, 3.63) is 76.9 Å². The Morgan fingerprint density at radius 1 is 0.917 bits per heavy atom. The number of nitrogen functional groups attached to an aromatic ring is 1. The minimum atomic E-state index is 0.655. The zero-order valence-electron chi connectivity index (χ0n) is 13.2. The standard InChI is InChI=1S/C20H16BrN3/c1-13-11-17(21)12-24-19(22)18(23-20(13)24)16-9-7-15(8-10-16)14-5-3-2-4-6-14/h2-12H,22H2,1H3. The second-order valence-electron chi connectivity index (χ2n) is 5.82. The molecular weight excluding hydrogens is 362 g/mol. The molecule has 2 heterocycles. The smallest absolute Gasteiger partial charge is 0.142 e. The first-order chi connectivity index (χ1) is 11.6. The van der Waals surface area contributed by atoms with Crippen LogP contribution >= 0.6 is 15.9 Å². The van der Waals surface area contributed by atoms with Gasteiger partial charge in [-0.05, 0) is 45.6 Å². The molecule has 3 nitrogen and oxygen atoms in total. The number of fused-ring (bicyclic) bond motifs is 1. The van der Waals surface area contributed by atoms with Gasteiger partial charge in [0.1, 0.15) is 17.2 Å². The molecule has 0 aliphatic heterocycles. The number of imidazole rings is 1. The van der Waals surface area contributed by atoms with Crippen molar-refractivity contribution in [3.8, 4) is 22.4 Å². The maximum Gasteiger partial charge on any atom is 0.142 e. The number of nitrogens with two attached hydrogens (primary N) is 1. The fourth-order valence-electron chi connectivity index (χ4n) is 2.95. The second-order valence-corrected chi connectivity index (χ2v) is 6.74. The monoisotopic (exact) mass is 377 g/mol. The van der Waals surface area contributed by atoms with E-state index in [4.69, 9.17) is 10.7 Å². The molecule has 24 heavy (non-hydrogen) atoms. The van der Waals surface area contributed by atoms with Gasteiger partial charge in [-0.3, -0.25) is 4.40 Å². The number of aromatic nitrogens is 2. The molecule has 0 fully saturated rings. The zero-order chi connectivity index (χ0) is 16.7. The lowest BCUT2D eigenvalue weighted by atomic mass is 10.0. The van der Waals surface area contributed by atoms with Gasteiger partial charge in [-0.25, -0.2) is 4.98 Å². The number of halogens is 1. The summed E-state index contributed by atoms with van der Waals surface area (Å²) in [6.07, 6.45) is 1.95. The van der Waals surface area contributed by atoms with Crippen LogP contribution in [0.5, 0.6) is 0 Å². The summed E-state index contributed by atoms with van der Waals surface area (Å²) < 4.78 is 2.92. The highest BCUT2D eigenvalue weighted by molar-refractivity contribution is 9.10. The molecule has 0 saturated heterocycles. The second kappa shape index (κ2) is 5.80. The number of aryl methyl sites for hydroxylation is 1. The molecule has 0 radical (unpaired) electrons. The van der Waals surface area contributed by atoms with Gasteiger partial charge in [0.05, 0.1) is 0 Å². The molecule has 118 valence electrons. The number of hydrogen-bond acceptors (Lipinski definition) is 2. The van der Waals surface area contributed by atoms with E-state index in [1.807, 2.05) is 41.8 Å². The molecule has 2 aromatic heterocycles. The van der Waals surface area contributed by atoms with Crippen LogP contribution in [0, 0.1) is 6.92 Å². The van der Waals surface area contributed by atoms with E-state index in [0.29, 0.717) is 5.82 Å². The molecule has 4 aromatic rings. The van der Waals surface area contributed by atoms with Crippen LogP contribution in [0.2, 0.25) is 0 Å². The normalized spacial score (nSPS) is 11.1. The number of benzene rings is 2.